The molecule has 1 N–H and O–H groups in total. The molecule has 1 aliphatic heterocycles. The number of aromatic nitrogens is 3. The largest absolute Gasteiger partial charge is 0.352 e. The molecular weight excluding hydrogens is 390 g/mol. The Bertz CT molecular complexity index is 1080. The van der Waals surface area contributed by atoms with Crippen molar-refractivity contribution in [2.45, 2.75) is 51.5 Å². The van der Waals surface area contributed by atoms with E-state index in [1.807, 2.05) is 58.0 Å². The second-order valence-corrected chi connectivity index (χ2v) is 9.07. The van der Waals surface area contributed by atoms with E-state index in [2.05, 4.69) is 36.3 Å². The van der Waals surface area contributed by atoms with Crippen LogP contribution in [-0.2, 0) is 10.2 Å². The van der Waals surface area contributed by atoms with Crippen LogP contribution in [0.1, 0.15) is 67.8 Å². The summed E-state index contributed by atoms with van der Waals surface area (Å²) >= 11 is 0. The third kappa shape index (κ3) is 4.45. The minimum atomic E-state index is -0.158. The Kier molecular flexibility index (Phi) is 5.76. The van der Waals surface area contributed by atoms with Crippen LogP contribution in [-0.4, -0.2) is 44.4 Å². The van der Waals surface area contributed by atoms with Gasteiger partial charge < -0.3 is 10.2 Å². The molecule has 4 rings (SSSR count). The van der Waals surface area contributed by atoms with Crippen molar-refractivity contribution in [2.24, 2.45) is 0 Å². The number of carbonyl (C=O) groups is 2. The maximum absolute atomic E-state index is 12.9. The minimum absolute atomic E-state index is 0.0264. The van der Waals surface area contributed by atoms with Crippen LogP contribution in [0.25, 0.3) is 5.65 Å². The lowest BCUT2D eigenvalue weighted by Crippen LogP contribution is -2.35. The van der Waals surface area contributed by atoms with Gasteiger partial charge in [-0.3, -0.25) is 14.0 Å². The summed E-state index contributed by atoms with van der Waals surface area (Å²) < 4.78 is 1.94. The van der Waals surface area contributed by atoms with E-state index < -0.39 is 0 Å². The molecule has 0 radical (unpaired) electrons. The summed E-state index contributed by atoms with van der Waals surface area (Å²) in [6.45, 7) is 7.43. The Morgan fingerprint density at radius 3 is 2.61 bits per heavy atom. The second kappa shape index (κ2) is 8.49. The molecule has 0 bridgehead atoms. The van der Waals surface area contributed by atoms with Crippen molar-refractivity contribution in [3.63, 3.8) is 0 Å². The number of rotatable bonds is 5. The second-order valence-electron chi connectivity index (χ2n) is 9.07. The summed E-state index contributed by atoms with van der Waals surface area (Å²) in [5.41, 5.74) is 2.61. The summed E-state index contributed by atoms with van der Waals surface area (Å²) in [5.74, 6) is 0.665. The van der Waals surface area contributed by atoms with Gasteiger partial charge in [-0.2, -0.15) is 0 Å². The molecule has 2 aromatic heterocycles. The average molecular weight is 420 g/mol. The highest BCUT2D eigenvalue weighted by Gasteiger charge is 2.32. The van der Waals surface area contributed by atoms with Crippen molar-refractivity contribution in [3.8, 4) is 0 Å². The van der Waals surface area contributed by atoms with Gasteiger partial charge in [0, 0.05) is 31.3 Å². The Morgan fingerprint density at radius 1 is 1.10 bits per heavy atom. The highest BCUT2D eigenvalue weighted by molar-refractivity contribution is 5.94. The lowest BCUT2D eigenvalue weighted by atomic mass is 9.87. The zero-order chi connectivity index (χ0) is 22.0. The smallest absolute Gasteiger partial charge is 0.251 e. The summed E-state index contributed by atoms with van der Waals surface area (Å²) in [6.07, 6.45) is 3.99. The van der Waals surface area contributed by atoms with Crippen LogP contribution in [0.4, 0.5) is 0 Å². The SMILES string of the molecule is CC(C)(C)c1ccc(C(=O)NCCC(=O)N2CCC[C@H]2c2nnc3ccccn23)cc1. The topological polar surface area (TPSA) is 79.6 Å². The van der Waals surface area contributed by atoms with Crippen molar-refractivity contribution in [3.05, 3.63) is 65.6 Å². The summed E-state index contributed by atoms with van der Waals surface area (Å²) in [7, 11) is 0. The van der Waals surface area contributed by atoms with Gasteiger partial charge in [-0.25, -0.2) is 0 Å². The van der Waals surface area contributed by atoms with E-state index in [9.17, 15) is 9.59 Å². The molecule has 0 unspecified atom stereocenters. The molecule has 3 aromatic rings. The molecule has 1 aromatic carbocycles. The Labute approximate surface area is 182 Å². The molecule has 3 heterocycles. The fourth-order valence-corrected chi connectivity index (χ4v) is 4.07. The predicted octanol–water partition coefficient (Wildman–Crippen LogP) is 3.51. The molecule has 0 saturated carbocycles. The number of nitrogens with zero attached hydrogens (tertiary/aromatic N) is 4. The maximum atomic E-state index is 12.9. The van der Waals surface area contributed by atoms with Crippen molar-refractivity contribution < 1.29 is 9.59 Å². The number of fused-ring (bicyclic) bond motifs is 1. The van der Waals surface area contributed by atoms with Crippen LogP contribution in [0.3, 0.4) is 0 Å². The highest BCUT2D eigenvalue weighted by Crippen LogP contribution is 2.31. The molecule has 1 aliphatic rings. The average Bonchev–Trinajstić information content (AvgIpc) is 3.40. The van der Waals surface area contributed by atoms with Gasteiger partial charge in [-0.05, 0) is 48.1 Å². The van der Waals surface area contributed by atoms with Crippen LogP contribution in [0.2, 0.25) is 0 Å². The van der Waals surface area contributed by atoms with Gasteiger partial charge >= 0.3 is 0 Å². The maximum Gasteiger partial charge on any atom is 0.251 e. The summed E-state index contributed by atoms with van der Waals surface area (Å²) in [6, 6.07) is 13.3. The number of hydrogen-bond donors (Lipinski definition) is 1. The van der Waals surface area contributed by atoms with E-state index in [0.29, 0.717) is 18.7 Å². The molecule has 0 aliphatic carbocycles. The quantitative estimate of drug-likeness (QED) is 0.686. The fraction of sp³-hybridized carbons (Fsp3) is 0.417. The zero-order valence-electron chi connectivity index (χ0n) is 18.3. The number of nitrogens with one attached hydrogen (secondary N) is 1. The van der Waals surface area contributed by atoms with Crippen LogP contribution >= 0.6 is 0 Å². The van der Waals surface area contributed by atoms with Gasteiger partial charge in [0.15, 0.2) is 11.5 Å². The molecule has 1 saturated heterocycles. The van der Waals surface area contributed by atoms with E-state index >= 15 is 0 Å². The van der Waals surface area contributed by atoms with Gasteiger partial charge in [0.1, 0.15) is 0 Å². The molecule has 162 valence electrons. The van der Waals surface area contributed by atoms with Crippen molar-refractivity contribution in [1.29, 1.82) is 0 Å². The first-order valence-electron chi connectivity index (χ1n) is 10.8. The summed E-state index contributed by atoms with van der Waals surface area (Å²) in [4.78, 5) is 27.2. The first-order valence-corrected chi connectivity index (χ1v) is 10.8. The lowest BCUT2D eigenvalue weighted by Gasteiger charge is -2.23. The van der Waals surface area contributed by atoms with Gasteiger partial charge in [0.2, 0.25) is 5.91 Å². The molecular formula is C24H29N5O2. The Balaban J connectivity index is 1.34. The van der Waals surface area contributed by atoms with Gasteiger partial charge in [-0.15, -0.1) is 10.2 Å². The van der Waals surface area contributed by atoms with E-state index in [1.165, 1.54) is 5.56 Å². The van der Waals surface area contributed by atoms with E-state index in [0.717, 1.165) is 24.3 Å². The standard InChI is InChI=1S/C24H29N5O2/c1-24(2,3)18-11-9-17(10-12-18)23(31)25-14-13-21(30)28-16-6-7-19(28)22-27-26-20-8-4-5-15-29(20)22/h4-5,8-12,15,19H,6-7,13-14,16H2,1-3H3,(H,25,31)/t19-/m0/s1. The third-order valence-corrected chi connectivity index (χ3v) is 5.85. The fourth-order valence-electron chi connectivity index (χ4n) is 4.07. The lowest BCUT2D eigenvalue weighted by molar-refractivity contribution is -0.132. The molecule has 7 heteroatoms. The van der Waals surface area contributed by atoms with Crippen LogP contribution in [0, 0.1) is 0 Å². The van der Waals surface area contributed by atoms with E-state index in [1.54, 1.807) is 0 Å². The first kappa shape index (κ1) is 21.0. The number of hydrogen-bond acceptors (Lipinski definition) is 4. The number of benzene rings is 1. The van der Waals surface area contributed by atoms with Crippen molar-refractivity contribution >= 4 is 17.5 Å². The van der Waals surface area contributed by atoms with Crippen LogP contribution in [0.15, 0.2) is 48.7 Å². The van der Waals surface area contributed by atoms with Crippen LogP contribution < -0.4 is 5.32 Å². The van der Waals surface area contributed by atoms with Crippen LogP contribution in [0.5, 0.6) is 0 Å². The van der Waals surface area contributed by atoms with Gasteiger partial charge in [0.25, 0.3) is 5.91 Å². The van der Waals surface area contributed by atoms with Crippen molar-refractivity contribution in [2.75, 3.05) is 13.1 Å². The number of carbonyl (C=O) groups excluding carboxylic acids is 2. The van der Waals surface area contributed by atoms with Crippen molar-refractivity contribution in [1.82, 2.24) is 24.8 Å². The zero-order valence-corrected chi connectivity index (χ0v) is 18.3. The monoisotopic (exact) mass is 419 g/mol. The number of likely N-dealkylation sites (tertiary alicyclic amines) is 1. The molecule has 31 heavy (non-hydrogen) atoms. The molecule has 1 fully saturated rings. The summed E-state index contributed by atoms with van der Waals surface area (Å²) in [5, 5.41) is 11.4. The van der Waals surface area contributed by atoms with Gasteiger partial charge in [-0.1, -0.05) is 39.0 Å². The number of pyridine rings is 1. The van der Waals surface area contributed by atoms with E-state index in [-0.39, 0.29) is 29.7 Å². The molecule has 2 amide bonds. The predicted molar refractivity (Wildman–Crippen MR) is 119 cm³/mol. The Morgan fingerprint density at radius 2 is 1.87 bits per heavy atom. The van der Waals surface area contributed by atoms with Gasteiger partial charge in [0.05, 0.1) is 6.04 Å². The first-order chi connectivity index (χ1) is 14.8. The molecule has 1 atom stereocenters. The molecule has 7 nitrogen and oxygen atoms in total. The molecule has 0 spiro atoms. The normalized spacial score (nSPS) is 16.6. The minimum Gasteiger partial charge on any atom is -0.352 e. The third-order valence-electron chi connectivity index (χ3n) is 5.85. The van der Waals surface area contributed by atoms with E-state index in [4.69, 9.17) is 0 Å². The number of amides is 2. The Hall–Kier alpha value is -3.22. The highest BCUT2D eigenvalue weighted by atomic mass is 16.2.